The first kappa shape index (κ1) is 11.5. The van der Waals surface area contributed by atoms with Crippen LogP contribution >= 0.6 is 58.4 Å². The molecule has 1 aromatic heterocycles. The Kier molecular flexibility index (Phi) is 3.98. The lowest BCUT2D eigenvalue weighted by Crippen LogP contribution is -2.20. The van der Waals surface area contributed by atoms with E-state index in [0.29, 0.717) is 0 Å². The second-order valence-corrected chi connectivity index (χ2v) is 9.40. The molecule has 0 spiro atoms. The van der Waals surface area contributed by atoms with Gasteiger partial charge < -0.3 is 0 Å². The van der Waals surface area contributed by atoms with Gasteiger partial charge in [-0.3, -0.25) is 0 Å². The van der Waals surface area contributed by atoms with E-state index in [4.69, 9.17) is 12.2 Å². The largest absolute Gasteiger partial charge is 0.145 e. The van der Waals surface area contributed by atoms with Gasteiger partial charge in [0.25, 0.3) is 0 Å². The van der Waals surface area contributed by atoms with Crippen LogP contribution in [0.5, 0.6) is 0 Å². The predicted octanol–water partition coefficient (Wildman–Crippen LogP) is 5.29. The van der Waals surface area contributed by atoms with Gasteiger partial charge in [0.1, 0.15) is 3.14 Å². The van der Waals surface area contributed by atoms with Crippen molar-refractivity contribution >= 4 is 58.4 Å². The van der Waals surface area contributed by atoms with Crippen LogP contribution in [0, 0.1) is 3.14 Å². The Morgan fingerprint density at radius 3 is 1.79 bits per heavy atom. The van der Waals surface area contributed by atoms with Crippen molar-refractivity contribution in [2.75, 3.05) is 0 Å². The number of rotatable bonds is 2. The highest BCUT2D eigenvalue weighted by molar-refractivity contribution is 8.09. The molecule has 0 bridgehead atoms. The molecule has 0 saturated carbocycles. The zero-order valence-corrected chi connectivity index (χ0v) is 12.2. The minimum Gasteiger partial charge on any atom is -0.109 e. The molecule has 0 unspecified atom stereocenters. The summed E-state index contributed by atoms with van der Waals surface area (Å²) in [5, 5.41) is 1.58. The smallest absolute Gasteiger partial charge is 0.109 e. The highest BCUT2D eigenvalue weighted by Gasteiger charge is 2.29. The number of hydrogen-bond acceptors (Lipinski definition) is 5. The standard InChI is InChI=1S/C9H12S5/c1-3-5-6(4-2)12-8-7(11-5)13-9(10)14-8/h5-6H,3-4H2,1-2H3/t5-,6+. The van der Waals surface area contributed by atoms with Crippen LogP contribution in [0.25, 0.3) is 0 Å². The van der Waals surface area contributed by atoms with Crippen molar-refractivity contribution < 1.29 is 0 Å². The normalized spacial score (nSPS) is 26.1. The third kappa shape index (κ3) is 2.21. The summed E-state index contributed by atoms with van der Waals surface area (Å²) in [5.74, 6) is 0. The first-order valence-electron chi connectivity index (χ1n) is 4.71. The van der Waals surface area contributed by atoms with E-state index < -0.39 is 0 Å². The minimum atomic E-state index is 0.790. The van der Waals surface area contributed by atoms with Gasteiger partial charge in [-0.1, -0.05) is 26.1 Å². The van der Waals surface area contributed by atoms with Crippen LogP contribution in [0.2, 0.25) is 0 Å². The molecule has 78 valence electrons. The molecule has 2 atom stereocenters. The molecule has 0 aromatic carbocycles. The van der Waals surface area contributed by atoms with Crippen LogP contribution in [-0.2, 0) is 0 Å². The third-order valence-electron chi connectivity index (χ3n) is 2.25. The quantitative estimate of drug-likeness (QED) is 0.675. The molecule has 0 radical (unpaired) electrons. The van der Waals surface area contributed by atoms with Crippen molar-refractivity contribution in [2.45, 2.75) is 45.6 Å². The molecule has 0 saturated heterocycles. The van der Waals surface area contributed by atoms with Gasteiger partial charge in [-0.05, 0) is 12.8 Å². The summed E-state index contributed by atoms with van der Waals surface area (Å²) in [7, 11) is 0. The Hall–Kier alpha value is 0.970. The summed E-state index contributed by atoms with van der Waals surface area (Å²) >= 11 is 12.9. The maximum absolute atomic E-state index is 5.24. The minimum absolute atomic E-state index is 0.790. The Morgan fingerprint density at radius 1 is 1.00 bits per heavy atom. The second-order valence-electron chi connectivity index (χ2n) is 3.16. The van der Waals surface area contributed by atoms with E-state index >= 15 is 0 Å². The zero-order valence-electron chi connectivity index (χ0n) is 8.11. The molecule has 5 heteroatoms. The van der Waals surface area contributed by atoms with E-state index in [1.165, 1.54) is 21.3 Å². The van der Waals surface area contributed by atoms with Crippen LogP contribution in [0.4, 0.5) is 0 Å². The topological polar surface area (TPSA) is 0 Å². The van der Waals surface area contributed by atoms with Crippen LogP contribution in [0.1, 0.15) is 26.7 Å². The molecule has 14 heavy (non-hydrogen) atoms. The van der Waals surface area contributed by atoms with Crippen molar-refractivity contribution in [3.05, 3.63) is 3.14 Å². The van der Waals surface area contributed by atoms with E-state index in [2.05, 4.69) is 37.4 Å². The summed E-state index contributed by atoms with van der Waals surface area (Å²) in [6.45, 7) is 4.58. The average molecular weight is 281 g/mol. The summed E-state index contributed by atoms with van der Waals surface area (Å²) in [6.07, 6.45) is 2.54. The van der Waals surface area contributed by atoms with E-state index in [1.54, 1.807) is 22.7 Å². The van der Waals surface area contributed by atoms with E-state index in [0.717, 1.165) is 13.6 Å². The van der Waals surface area contributed by atoms with Crippen LogP contribution in [0.15, 0.2) is 8.42 Å². The van der Waals surface area contributed by atoms with Crippen molar-refractivity contribution in [1.29, 1.82) is 0 Å². The summed E-state index contributed by atoms with van der Waals surface area (Å²) in [5.41, 5.74) is 0. The van der Waals surface area contributed by atoms with E-state index in [-0.39, 0.29) is 0 Å². The van der Waals surface area contributed by atoms with Crippen LogP contribution in [-0.4, -0.2) is 10.5 Å². The van der Waals surface area contributed by atoms with Crippen LogP contribution in [0.3, 0.4) is 0 Å². The second kappa shape index (κ2) is 4.87. The lowest BCUT2D eigenvalue weighted by Gasteiger charge is -2.27. The fourth-order valence-corrected chi connectivity index (χ4v) is 8.59. The first-order valence-corrected chi connectivity index (χ1v) is 8.51. The Bertz CT molecular complexity index is 331. The van der Waals surface area contributed by atoms with Gasteiger partial charge in [-0.2, -0.15) is 0 Å². The van der Waals surface area contributed by atoms with E-state index in [9.17, 15) is 0 Å². The van der Waals surface area contributed by atoms with Gasteiger partial charge in [0.15, 0.2) is 0 Å². The van der Waals surface area contributed by atoms with Crippen molar-refractivity contribution in [3.8, 4) is 0 Å². The third-order valence-corrected chi connectivity index (χ3v) is 8.90. The van der Waals surface area contributed by atoms with Gasteiger partial charge in [-0.15, -0.1) is 46.2 Å². The lowest BCUT2D eigenvalue weighted by atomic mass is 10.2. The predicted molar refractivity (Wildman–Crippen MR) is 72.9 cm³/mol. The molecule has 1 aliphatic heterocycles. The van der Waals surface area contributed by atoms with Gasteiger partial charge in [0, 0.05) is 10.5 Å². The zero-order chi connectivity index (χ0) is 10.1. The first-order chi connectivity index (χ1) is 6.74. The number of fused-ring (bicyclic) bond motifs is 1. The molecule has 2 rings (SSSR count). The molecule has 0 nitrogen and oxygen atoms in total. The molecule has 1 aromatic rings. The molecule has 1 aliphatic rings. The van der Waals surface area contributed by atoms with Gasteiger partial charge in [0.2, 0.25) is 0 Å². The SMILES string of the molecule is CC[C@@H]1Sc2sc(=S)sc2S[C@@H]1CC. The van der Waals surface area contributed by atoms with Gasteiger partial charge in [-0.25, -0.2) is 0 Å². The molecular weight excluding hydrogens is 268 g/mol. The maximum atomic E-state index is 5.24. The number of hydrogen-bond donors (Lipinski definition) is 0. The Balaban J connectivity index is 2.28. The fraction of sp³-hybridized carbons (Fsp3) is 0.667. The lowest BCUT2D eigenvalue weighted by molar-refractivity contribution is 0.733. The molecule has 0 amide bonds. The summed E-state index contributed by atoms with van der Waals surface area (Å²) in [4.78, 5) is 0. The Labute approximate surface area is 107 Å². The van der Waals surface area contributed by atoms with E-state index in [1.807, 2.05) is 0 Å². The molecular formula is C9H12S5. The molecule has 0 aliphatic carbocycles. The summed E-state index contributed by atoms with van der Waals surface area (Å²) in [6, 6.07) is 0. The van der Waals surface area contributed by atoms with Gasteiger partial charge in [0.05, 0.1) is 8.42 Å². The van der Waals surface area contributed by atoms with Crippen molar-refractivity contribution in [3.63, 3.8) is 0 Å². The van der Waals surface area contributed by atoms with Crippen molar-refractivity contribution in [2.24, 2.45) is 0 Å². The highest BCUT2D eigenvalue weighted by Crippen LogP contribution is 2.52. The Morgan fingerprint density at radius 2 is 1.43 bits per heavy atom. The van der Waals surface area contributed by atoms with Crippen LogP contribution < -0.4 is 0 Å². The monoisotopic (exact) mass is 280 g/mol. The molecule has 0 N–H and O–H groups in total. The fourth-order valence-electron chi connectivity index (χ4n) is 1.52. The van der Waals surface area contributed by atoms with Gasteiger partial charge >= 0.3 is 0 Å². The molecule has 0 fully saturated rings. The average Bonchev–Trinajstić information content (AvgIpc) is 2.54. The highest BCUT2D eigenvalue weighted by atomic mass is 32.2. The number of thioether (sulfide) groups is 2. The summed E-state index contributed by atoms with van der Waals surface area (Å²) < 4.78 is 4.03. The molecule has 2 heterocycles. The maximum Gasteiger partial charge on any atom is 0.145 e. The van der Waals surface area contributed by atoms with Crippen molar-refractivity contribution in [1.82, 2.24) is 0 Å².